The summed E-state index contributed by atoms with van der Waals surface area (Å²) >= 11 is 5.86. The second-order valence-electron chi connectivity index (χ2n) is 5.08. The van der Waals surface area contributed by atoms with Gasteiger partial charge in [0.2, 0.25) is 10.0 Å². The smallest absolute Gasteiger partial charge is 0.338 e. The minimum Gasteiger partial charge on any atom is -0.497 e. The fourth-order valence-electron chi connectivity index (χ4n) is 2.02. The highest BCUT2D eigenvalue weighted by atomic mass is 35.5. The van der Waals surface area contributed by atoms with Crippen molar-refractivity contribution in [2.45, 2.75) is 4.90 Å². The first-order valence-corrected chi connectivity index (χ1v) is 9.22. The van der Waals surface area contributed by atoms with Crippen LogP contribution < -0.4 is 9.46 Å². The van der Waals surface area contributed by atoms with Crippen LogP contribution in [0, 0.1) is 0 Å². The molecule has 2 rings (SSSR count). The summed E-state index contributed by atoms with van der Waals surface area (Å²) in [5.74, 6) is -0.646. The van der Waals surface area contributed by atoms with Gasteiger partial charge in [-0.1, -0.05) is 11.6 Å². The zero-order valence-electron chi connectivity index (χ0n) is 14.0. The first kappa shape index (κ1) is 19.9. The van der Waals surface area contributed by atoms with Gasteiger partial charge in [0.25, 0.3) is 0 Å². The molecule has 2 aromatic rings. The monoisotopic (exact) mass is 397 g/mol. The van der Waals surface area contributed by atoms with E-state index in [1.54, 1.807) is 24.3 Å². The Hall–Kier alpha value is -2.42. The number of rotatable bonds is 7. The third-order valence-corrected chi connectivity index (χ3v) is 5.37. The van der Waals surface area contributed by atoms with Gasteiger partial charge in [0.05, 0.1) is 17.7 Å². The van der Waals surface area contributed by atoms with Crippen molar-refractivity contribution < 1.29 is 27.5 Å². The van der Waals surface area contributed by atoms with Crippen LogP contribution in [0.5, 0.6) is 5.75 Å². The minimum absolute atomic E-state index is 0.0363. The number of benzene rings is 2. The largest absolute Gasteiger partial charge is 0.497 e. The molecule has 9 heteroatoms. The van der Waals surface area contributed by atoms with Crippen LogP contribution in [-0.2, 0) is 14.8 Å². The number of ether oxygens (including phenoxy) is 2. The van der Waals surface area contributed by atoms with Crippen LogP contribution in [0.4, 0.5) is 0 Å². The van der Waals surface area contributed by atoms with Gasteiger partial charge in [-0.05, 0) is 49.5 Å². The van der Waals surface area contributed by atoms with E-state index >= 15 is 0 Å². The average molecular weight is 398 g/mol. The summed E-state index contributed by atoms with van der Waals surface area (Å²) in [5, 5.41) is -0.0368. The number of carbonyl (C=O) groups is 2. The van der Waals surface area contributed by atoms with Crippen LogP contribution in [-0.4, -0.2) is 40.9 Å². The van der Waals surface area contributed by atoms with Crippen LogP contribution >= 0.6 is 11.6 Å². The Morgan fingerprint density at radius 1 is 1.08 bits per heavy atom. The van der Waals surface area contributed by atoms with Crippen molar-refractivity contribution in [2.24, 2.45) is 0 Å². The lowest BCUT2D eigenvalue weighted by atomic mass is 10.1. The number of esters is 1. The molecular formula is C17H16ClNO6S. The van der Waals surface area contributed by atoms with E-state index in [4.69, 9.17) is 21.1 Å². The molecule has 0 amide bonds. The molecule has 0 bridgehead atoms. The Kier molecular flexibility index (Phi) is 6.36. The van der Waals surface area contributed by atoms with E-state index in [0.717, 1.165) is 6.07 Å². The molecule has 0 aliphatic heterocycles. The molecule has 0 saturated heterocycles. The first-order chi connectivity index (χ1) is 12.3. The highest BCUT2D eigenvalue weighted by molar-refractivity contribution is 7.89. The lowest BCUT2D eigenvalue weighted by Gasteiger charge is -2.08. The predicted octanol–water partition coefficient (Wildman–Crippen LogP) is 2.30. The predicted molar refractivity (Wildman–Crippen MR) is 95.3 cm³/mol. The molecule has 138 valence electrons. The van der Waals surface area contributed by atoms with Crippen molar-refractivity contribution in [1.29, 1.82) is 0 Å². The van der Waals surface area contributed by atoms with Crippen molar-refractivity contribution in [3.05, 3.63) is 58.6 Å². The van der Waals surface area contributed by atoms with E-state index in [9.17, 15) is 18.0 Å². The maximum Gasteiger partial charge on any atom is 0.338 e. The molecular weight excluding hydrogens is 382 g/mol. The van der Waals surface area contributed by atoms with Gasteiger partial charge in [-0.3, -0.25) is 4.79 Å². The maximum atomic E-state index is 12.1. The van der Waals surface area contributed by atoms with Crippen molar-refractivity contribution in [2.75, 3.05) is 20.8 Å². The maximum absolute atomic E-state index is 12.1. The number of methoxy groups -OCH3 is 1. The van der Waals surface area contributed by atoms with Crippen LogP contribution in [0.1, 0.15) is 20.7 Å². The van der Waals surface area contributed by atoms with Crippen molar-refractivity contribution in [3.63, 3.8) is 0 Å². The number of halogens is 1. The summed E-state index contributed by atoms with van der Waals surface area (Å²) in [7, 11) is -1.10. The molecule has 0 heterocycles. The summed E-state index contributed by atoms with van der Waals surface area (Å²) in [5.41, 5.74) is 0.318. The zero-order chi connectivity index (χ0) is 19.3. The lowest BCUT2D eigenvalue weighted by Crippen LogP contribution is -2.20. The molecule has 0 spiro atoms. The number of sulfonamides is 1. The molecule has 7 nitrogen and oxygen atoms in total. The number of carbonyl (C=O) groups excluding carboxylic acids is 2. The molecule has 0 atom stereocenters. The van der Waals surface area contributed by atoms with Gasteiger partial charge in [0, 0.05) is 5.56 Å². The Labute approximate surface area is 155 Å². The zero-order valence-corrected chi connectivity index (χ0v) is 15.6. The van der Waals surface area contributed by atoms with Crippen LogP contribution in [0.2, 0.25) is 5.02 Å². The van der Waals surface area contributed by atoms with Gasteiger partial charge in [-0.2, -0.15) is 0 Å². The quantitative estimate of drug-likeness (QED) is 0.568. The molecule has 2 aromatic carbocycles. The minimum atomic E-state index is -3.83. The summed E-state index contributed by atoms with van der Waals surface area (Å²) in [6.45, 7) is -0.484. The normalized spacial score (nSPS) is 11.0. The molecule has 0 radical (unpaired) electrons. The molecule has 1 N–H and O–H groups in total. The summed E-state index contributed by atoms with van der Waals surface area (Å²) in [6.07, 6.45) is 0. The molecule has 0 aromatic heterocycles. The van der Waals surface area contributed by atoms with Crippen molar-refractivity contribution in [3.8, 4) is 5.75 Å². The summed E-state index contributed by atoms with van der Waals surface area (Å²) in [4.78, 5) is 23.9. The highest BCUT2D eigenvalue weighted by Crippen LogP contribution is 2.23. The molecule has 26 heavy (non-hydrogen) atoms. The van der Waals surface area contributed by atoms with Crippen LogP contribution in [0.15, 0.2) is 47.4 Å². The van der Waals surface area contributed by atoms with Crippen LogP contribution in [0.25, 0.3) is 0 Å². The Balaban J connectivity index is 2.10. The fraction of sp³-hybridized carbons (Fsp3) is 0.176. The molecule has 0 unspecified atom stereocenters. The highest BCUT2D eigenvalue weighted by Gasteiger charge is 2.19. The van der Waals surface area contributed by atoms with Gasteiger partial charge in [0.15, 0.2) is 12.4 Å². The molecule has 0 aliphatic rings. The van der Waals surface area contributed by atoms with Gasteiger partial charge < -0.3 is 9.47 Å². The molecule has 0 fully saturated rings. The number of hydrogen-bond acceptors (Lipinski definition) is 6. The Morgan fingerprint density at radius 3 is 2.27 bits per heavy atom. The fourth-order valence-corrected chi connectivity index (χ4v) is 3.27. The number of hydrogen-bond donors (Lipinski definition) is 1. The first-order valence-electron chi connectivity index (χ1n) is 7.36. The van der Waals surface area contributed by atoms with E-state index in [0.29, 0.717) is 11.3 Å². The van der Waals surface area contributed by atoms with E-state index < -0.39 is 28.4 Å². The second kappa shape index (κ2) is 8.31. The van der Waals surface area contributed by atoms with Gasteiger partial charge >= 0.3 is 5.97 Å². The third-order valence-electron chi connectivity index (χ3n) is 3.47. The Bertz CT molecular complexity index is 925. The van der Waals surface area contributed by atoms with Crippen molar-refractivity contribution in [1.82, 2.24) is 4.72 Å². The molecule has 0 saturated carbocycles. The average Bonchev–Trinajstić information content (AvgIpc) is 2.66. The van der Waals surface area contributed by atoms with Crippen LogP contribution in [0.3, 0.4) is 0 Å². The van der Waals surface area contributed by atoms with Gasteiger partial charge in [-0.25, -0.2) is 17.9 Å². The second-order valence-corrected chi connectivity index (χ2v) is 7.34. The van der Waals surface area contributed by atoms with Gasteiger partial charge in [0.1, 0.15) is 10.6 Å². The van der Waals surface area contributed by atoms with Gasteiger partial charge in [-0.15, -0.1) is 0 Å². The van der Waals surface area contributed by atoms with E-state index in [1.165, 1.54) is 26.3 Å². The number of Topliss-reactive ketones (excluding diaryl/α,β-unsaturated/α-hetero) is 1. The summed E-state index contributed by atoms with van der Waals surface area (Å²) < 4.78 is 35.9. The number of ketones is 1. The van der Waals surface area contributed by atoms with E-state index in [2.05, 4.69) is 4.72 Å². The standard InChI is InChI=1S/C17H16ClNO6S/c1-19-26(22,23)16-9-12(5-8-14(16)18)17(21)25-10-15(20)11-3-6-13(24-2)7-4-11/h3-9,19H,10H2,1-2H3. The SMILES string of the molecule is CNS(=O)(=O)c1cc(C(=O)OCC(=O)c2ccc(OC)cc2)ccc1Cl. The molecule has 0 aliphatic carbocycles. The van der Waals surface area contributed by atoms with E-state index in [1.807, 2.05) is 0 Å². The lowest BCUT2D eigenvalue weighted by molar-refractivity contribution is 0.0474. The third kappa shape index (κ3) is 4.60. The summed E-state index contributed by atoms with van der Waals surface area (Å²) in [6, 6.07) is 10.0. The van der Waals surface area contributed by atoms with Crippen molar-refractivity contribution >= 4 is 33.4 Å². The topological polar surface area (TPSA) is 98.8 Å². The Morgan fingerprint density at radius 2 is 1.69 bits per heavy atom. The number of nitrogens with one attached hydrogen (secondary N) is 1. The van der Waals surface area contributed by atoms with E-state index in [-0.39, 0.29) is 15.5 Å².